The van der Waals surface area contributed by atoms with Crippen LogP contribution in [0.15, 0.2) is 315 Å². The van der Waals surface area contributed by atoms with Gasteiger partial charge in [-0.1, -0.05) is 282 Å². The maximum absolute atomic E-state index is 2.57. The molecular weight excluding hydrogens is 1110 g/mol. The molecule has 0 saturated heterocycles. The monoisotopic (exact) mass is 1170 g/mol. The molecule has 2 nitrogen and oxygen atoms in total. The molecule has 0 spiro atoms. The fourth-order valence-electron chi connectivity index (χ4n) is 16.6. The summed E-state index contributed by atoms with van der Waals surface area (Å²) in [4.78, 5) is 4.98. The lowest BCUT2D eigenvalue weighted by Gasteiger charge is -2.43. The summed E-state index contributed by atoms with van der Waals surface area (Å²) >= 11 is 0. The third-order valence-corrected chi connectivity index (χ3v) is 20.6. The molecule has 0 N–H and O–H groups in total. The summed E-state index contributed by atoms with van der Waals surface area (Å²) in [5.74, 6) is 0. The average Bonchev–Trinajstić information content (AvgIpc) is 0.724. The Labute approximate surface area is 537 Å². The first kappa shape index (κ1) is 53.7. The van der Waals surface area contributed by atoms with Crippen molar-refractivity contribution >= 4 is 98.8 Å². The summed E-state index contributed by atoms with van der Waals surface area (Å²) in [6.45, 7) is 9.73. The van der Waals surface area contributed by atoms with Crippen LogP contribution in [0.25, 0.3) is 120 Å². The quantitative estimate of drug-likeness (QED) is 0.147. The molecule has 0 fully saturated rings. The third-order valence-electron chi connectivity index (χ3n) is 20.6. The molecule has 16 aromatic carbocycles. The van der Waals surface area contributed by atoms with Crippen molar-refractivity contribution in [3.63, 3.8) is 0 Å². The fourth-order valence-corrected chi connectivity index (χ4v) is 16.6. The molecule has 2 heteroatoms. The Morgan fingerprint density at radius 3 is 0.859 bits per heavy atom. The Kier molecular flexibility index (Phi) is 12.0. The average molecular weight is 1170 g/mol. The molecule has 92 heavy (non-hydrogen) atoms. The van der Waals surface area contributed by atoms with Crippen molar-refractivity contribution in [1.82, 2.24) is 0 Å². The van der Waals surface area contributed by atoms with Gasteiger partial charge in [-0.05, 0) is 203 Å². The summed E-state index contributed by atoms with van der Waals surface area (Å²) in [7, 11) is 0. The predicted octanol–water partition coefficient (Wildman–Crippen LogP) is 25.2. The van der Waals surface area contributed by atoms with Gasteiger partial charge in [-0.15, -0.1) is 0 Å². The highest BCUT2D eigenvalue weighted by Crippen LogP contribution is 2.59. The van der Waals surface area contributed by atoms with E-state index in [2.05, 4.69) is 353 Å². The molecule has 16 aromatic rings. The molecule has 0 saturated carbocycles. The molecule has 0 aromatic heterocycles. The molecular formula is C90H64N2. The van der Waals surface area contributed by atoms with Crippen LogP contribution < -0.4 is 9.80 Å². The van der Waals surface area contributed by atoms with E-state index < -0.39 is 0 Å². The van der Waals surface area contributed by atoms with Gasteiger partial charge in [-0.25, -0.2) is 0 Å². The highest BCUT2D eigenvalue weighted by Gasteiger charge is 2.41. The van der Waals surface area contributed by atoms with Crippen LogP contribution in [-0.2, 0) is 10.8 Å². The van der Waals surface area contributed by atoms with E-state index >= 15 is 0 Å². The minimum atomic E-state index is -0.377. The van der Waals surface area contributed by atoms with Crippen molar-refractivity contribution in [3.05, 3.63) is 338 Å². The van der Waals surface area contributed by atoms with Crippen LogP contribution in [0, 0.1) is 0 Å². The van der Waals surface area contributed by atoms with Gasteiger partial charge in [0.25, 0.3) is 0 Å². The van der Waals surface area contributed by atoms with Crippen LogP contribution in [0.5, 0.6) is 0 Å². The largest absolute Gasteiger partial charge is 0.310 e. The topological polar surface area (TPSA) is 6.48 Å². The number of benzene rings is 16. The Morgan fingerprint density at radius 2 is 0.467 bits per heavy atom. The molecule has 18 rings (SSSR count). The van der Waals surface area contributed by atoms with Crippen molar-refractivity contribution in [2.45, 2.75) is 38.5 Å². The Morgan fingerprint density at radius 1 is 0.207 bits per heavy atom. The highest BCUT2D eigenvalue weighted by molar-refractivity contribution is 6.29. The number of nitrogens with zero attached hydrogens (tertiary/aromatic N) is 2. The number of fused-ring (bicyclic) bond motifs is 10. The van der Waals surface area contributed by atoms with E-state index in [1.165, 1.54) is 165 Å². The summed E-state index contributed by atoms with van der Waals surface area (Å²) < 4.78 is 0. The normalized spacial score (nSPS) is 13.8. The zero-order valence-electron chi connectivity index (χ0n) is 51.9. The second-order valence-corrected chi connectivity index (χ2v) is 26.2. The number of anilines is 6. The van der Waals surface area contributed by atoms with Gasteiger partial charge in [0, 0.05) is 22.2 Å². The van der Waals surface area contributed by atoms with Gasteiger partial charge in [-0.2, -0.15) is 0 Å². The standard InChI is InChI=1S/C90H64N2/c1-89(2)79-49-15-17-51-81(79)91(59-31-7-5-8-32-59)83-53-25-47-73(87(83)89)67-41-23-45-71-77(67)56-78-68(74-48-26-54-84-88(74)90(3,4)80-50-16-18-52-82(80)92(84)60-33-9-6-10-34-60)42-24-46-72(78)86(71)85-69-43-21-39-65(63-37-19-29-57-27-11-13-35-61(57)63)75(69)55-76-66(40-22-44-70(76)85)64-38-20-30-58-28-12-14-36-62(58)64/h5-56H,1-4H3. The first-order chi connectivity index (χ1) is 45.2. The van der Waals surface area contributed by atoms with Crippen molar-refractivity contribution in [1.29, 1.82) is 0 Å². The minimum absolute atomic E-state index is 0.377. The van der Waals surface area contributed by atoms with Gasteiger partial charge >= 0.3 is 0 Å². The second-order valence-electron chi connectivity index (χ2n) is 26.2. The van der Waals surface area contributed by atoms with Gasteiger partial charge in [0.15, 0.2) is 0 Å². The fraction of sp³-hybridized carbons (Fsp3) is 0.0667. The molecule has 0 bridgehead atoms. The smallest absolute Gasteiger partial charge is 0.0508 e. The van der Waals surface area contributed by atoms with E-state index in [-0.39, 0.29) is 10.8 Å². The maximum atomic E-state index is 2.57. The molecule has 2 heterocycles. The zero-order valence-corrected chi connectivity index (χ0v) is 51.9. The number of rotatable bonds is 7. The number of hydrogen-bond acceptors (Lipinski definition) is 2. The van der Waals surface area contributed by atoms with E-state index in [4.69, 9.17) is 0 Å². The van der Waals surface area contributed by atoms with Crippen molar-refractivity contribution in [3.8, 4) is 55.6 Å². The van der Waals surface area contributed by atoms with E-state index in [1.807, 2.05) is 0 Å². The van der Waals surface area contributed by atoms with E-state index in [0.29, 0.717) is 0 Å². The Bertz CT molecular complexity index is 5360. The molecule has 0 unspecified atom stereocenters. The third kappa shape index (κ3) is 7.93. The molecule has 0 aliphatic carbocycles. The number of hydrogen-bond donors (Lipinski definition) is 0. The molecule has 0 amide bonds. The molecule has 0 radical (unpaired) electrons. The minimum Gasteiger partial charge on any atom is -0.310 e. The van der Waals surface area contributed by atoms with Crippen LogP contribution in [0.3, 0.4) is 0 Å². The van der Waals surface area contributed by atoms with Crippen LogP contribution >= 0.6 is 0 Å². The van der Waals surface area contributed by atoms with E-state index in [9.17, 15) is 0 Å². The second kappa shape index (κ2) is 20.6. The summed E-state index contributed by atoms with van der Waals surface area (Å²) in [5.41, 5.74) is 23.7. The predicted molar refractivity (Wildman–Crippen MR) is 392 cm³/mol. The zero-order chi connectivity index (χ0) is 61.4. The molecule has 0 atom stereocenters. The molecule has 2 aliphatic rings. The van der Waals surface area contributed by atoms with Gasteiger partial charge in [-0.3, -0.25) is 0 Å². The highest BCUT2D eigenvalue weighted by atomic mass is 15.2. The SMILES string of the molecule is CC1(C)c2ccccc2N(c2ccccc2)c2cccc(-c3cccc4c(-c5c6cccc(-c7cccc8ccccc78)c6cc6c(-c7cccc8ccccc78)cccc56)c5cccc(-c6cccc7c6C(C)(C)c6ccccc6N7c6ccccc6)c5cc34)c21. The van der Waals surface area contributed by atoms with Crippen molar-refractivity contribution in [2.75, 3.05) is 9.80 Å². The lowest BCUT2D eigenvalue weighted by molar-refractivity contribution is 0.633. The Hall–Kier alpha value is -11.3. The summed E-state index contributed by atoms with van der Waals surface area (Å²) in [5, 5.41) is 14.6. The van der Waals surface area contributed by atoms with Crippen LogP contribution in [0.2, 0.25) is 0 Å². The molecule has 2 aliphatic heterocycles. The first-order valence-corrected chi connectivity index (χ1v) is 32.3. The summed E-state index contributed by atoms with van der Waals surface area (Å²) in [6.07, 6.45) is 0. The maximum Gasteiger partial charge on any atom is 0.0508 e. The van der Waals surface area contributed by atoms with Crippen LogP contribution in [0.4, 0.5) is 34.1 Å². The van der Waals surface area contributed by atoms with Gasteiger partial charge < -0.3 is 9.80 Å². The Balaban J connectivity index is 1.01. The van der Waals surface area contributed by atoms with Gasteiger partial charge in [0.2, 0.25) is 0 Å². The van der Waals surface area contributed by atoms with Gasteiger partial charge in [0.05, 0.1) is 22.7 Å². The summed E-state index contributed by atoms with van der Waals surface area (Å²) in [6, 6.07) is 119. The molecule has 434 valence electrons. The first-order valence-electron chi connectivity index (χ1n) is 32.3. The van der Waals surface area contributed by atoms with E-state index in [1.54, 1.807) is 0 Å². The van der Waals surface area contributed by atoms with Crippen LogP contribution in [0.1, 0.15) is 49.9 Å². The number of para-hydroxylation sites is 4. The van der Waals surface area contributed by atoms with E-state index in [0.717, 1.165) is 11.4 Å². The van der Waals surface area contributed by atoms with Crippen molar-refractivity contribution < 1.29 is 0 Å². The van der Waals surface area contributed by atoms with Crippen molar-refractivity contribution in [2.24, 2.45) is 0 Å². The lowest BCUT2D eigenvalue weighted by atomic mass is 9.70. The van der Waals surface area contributed by atoms with Crippen LogP contribution in [-0.4, -0.2) is 0 Å². The van der Waals surface area contributed by atoms with Gasteiger partial charge in [0.1, 0.15) is 0 Å². The lowest BCUT2D eigenvalue weighted by Crippen LogP contribution is -2.31.